The maximum Gasteiger partial charge on any atom is 0.228 e. The van der Waals surface area contributed by atoms with Crippen molar-refractivity contribution in [1.82, 2.24) is 4.98 Å². The molecular weight excluding hydrogens is 252 g/mol. The van der Waals surface area contributed by atoms with Gasteiger partial charge in [0.15, 0.2) is 0 Å². The average Bonchev–Trinajstić information content (AvgIpc) is 2.91. The third-order valence-electron chi connectivity index (χ3n) is 3.17. The fourth-order valence-electron chi connectivity index (χ4n) is 2.19. The van der Waals surface area contributed by atoms with E-state index in [1.807, 2.05) is 30.5 Å². The Morgan fingerprint density at radius 1 is 1.10 bits per heavy atom. The van der Waals surface area contributed by atoms with Gasteiger partial charge >= 0.3 is 0 Å². The van der Waals surface area contributed by atoms with Crippen molar-refractivity contribution >= 4 is 22.5 Å². The fourth-order valence-corrected chi connectivity index (χ4v) is 2.19. The molecule has 4 heteroatoms. The monoisotopic (exact) mass is 266 g/mol. The molecule has 0 atom stereocenters. The number of aromatic amines is 1. The van der Waals surface area contributed by atoms with Crippen LogP contribution in [-0.4, -0.2) is 16.0 Å². The molecule has 20 heavy (non-hydrogen) atoms. The Balaban J connectivity index is 1.76. The highest BCUT2D eigenvalue weighted by molar-refractivity contribution is 6.01. The fraction of sp³-hybridized carbons (Fsp3) is 0.0625. The summed E-state index contributed by atoms with van der Waals surface area (Å²) in [4.78, 5) is 15.2. The summed E-state index contributed by atoms with van der Waals surface area (Å²) in [5.41, 5.74) is 2.65. The summed E-state index contributed by atoms with van der Waals surface area (Å²) in [6.07, 6.45) is 2.13. The first kappa shape index (κ1) is 12.3. The van der Waals surface area contributed by atoms with Crippen LogP contribution in [-0.2, 0) is 11.2 Å². The number of nitrogens with one attached hydrogen (secondary N) is 2. The zero-order valence-electron chi connectivity index (χ0n) is 10.8. The van der Waals surface area contributed by atoms with Gasteiger partial charge in [-0.3, -0.25) is 4.79 Å². The predicted octanol–water partition coefficient (Wildman–Crippen LogP) is 3.05. The summed E-state index contributed by atoms with van der Waals surface area (Å²) >= 11 is 0. The SMILES string of the molecule is O=C(Cc1ccc(O)cc1)Nc1cccc2[nH]ccc12. The topological polar surface area (TPSA) is 65.1 Å². The van der Waals surface area contributed by atoms with Crippen molar-refractivity contribution < 1.29 is 9.90 Å². The van der Waals surface area contributed by atoms with Gasteiger partial charge in [0.1, 0.15) is 5.75 Å². The summed E-state index contributed by atoms with van der Waals surface area (Å²) < 4.78 is 0. The number of aromatic nitrogens is 1. The molecule has 0 aliphatic rings. The standard InChI is InChI=1S/C16H14N2O2/c19-12-6-4-11(5-7-12)10-16(20)18-15-3-1-2-14-13(15)8-9-17-14/h1-9,17,19H,10H2,(H,18,20). The second-order valence-electron chi connectivity index (χ2n) is 4.64. The molecule has 0 radical (unpaired) electrons. The number of rotatable bonds is 3. The molecule has 3 N–H and O–H groups in total. The second-order valence-corrected chi connectivity index (χ2v) is 4.64. The number of hydrogen-bond acceptors (Lipinski definition) is 2. The predicted molar refractivity (Wildman–Crippen MR) is 78.7 cm³/mol. The zero-order chi connectivity index (χ0) is 13.9. The van der Waals surface area contributed by atoms with Crippen LogP contribution in [0, 0.1) is 0 Å². The Morgan fingerprint density at radius 2 is 1.90 bits per heavy atom. The van der Waals surface area contributed by atoms with Crippen LogP contribution in [0.15, 0.2) is 54.7 Å². The van der Waals surface area contributed by atoms with Gasteiger partial charge in [0, 0.05) is 17.1 Å². The number of fused-ring (bicyclic) bond motifs is 1. The number of phenols is 1. The molecule has 0 saturated heterocycles. The summed E-state index contributed by atoms with van der Waals surface area (Å²) in [5.74, 6) is 0.121. The van der Waals surface area contributed by atoms with Gasteiger partial charge < -0.3 is 15.4 Å². The Morgan fingerprint density at radius 3 is 2.70 bits per heavy atom. The molecule has 2 aromatic carbocycles. The largest absolute Gasteiger partial charge is 0.508 e. The van der Waals surface area contributed by atoms with Gasteiger partial charge in [-0.05, 0) is 35.9 Å². The van der Waals surface area contributed by atoms with E-state index in [1.54, 1.807) is 24.3 Å². The van der Waals surface area contributed by atoms with Gasteiger partial charge in [-0.1, -0.05) is 18.2 Å². The number of aromatic hydroxyl groups is 1. The van der Waals surface area contributed by atoms with Gasteiger partial charge in [0.25, 0.3) is 0 Å². The first-order valence-corrected chi connectivity index (χ1v) is 6.36. The highest BCUT2D eigenvalue weighted by Gasteiger charge is 2.07. The number of amides is 1. The highest BCUT2D eigenvalue weighted by atomic mass is 16.3. The molecule has 0 unspecified atom stereocenters. The number of anilines is 1. The molecule has 1 heterocycles. The van der Waals surface area contributed by atoms with Crippen LogP contribution in [0.5, 0.6) is 5.75 Å². The number of carbonyl (C=O) groups is 1. The molecule has 0 spiro atoms. The lowest BCUT2D eigenvalue weighted by Gasteiger charge is -2.07. The van der Waals surface area contributed by atoms with E-state index in [4.69, 9.17) is 0 Å². The van der Waals surface area contributed by atoms with Gasteiger partial charge in [-0.25, -0.2) is 0 Å². The van der Waals surface area contributed by atoms with Gasteiger partial charge in [0.05, 0.1) is 12.1 Å². The maximum absolute atomic E-state index is 12.0. The molecule has 0 aliphatic carbocycles. The minimum Gasteiger partial charge on any atom is -0.508 e. The van der Waals surface area contributed by atoms with Crippen LogP contribution in [0.2, 0.25) is 0 Å². The lowest BCUT2D eigenvalue weighted by atomic mass is 10.1. The van der Waals surface area contributed by atoms with E-state index < -0.39 is 0 Å². The van der Waals surface area contributed by atoms with Crippen LogP contribution in [0.4, 0.5) is 5.69 Å². The van der Waals surface area contributed by atoms with Gasteiger partial charge in [0.2, 0.25) is 5.91 Å². The third kappa shape index (κ3) is 2.49. The highest BCUT2D eigenvalue weighted by Crippen LogP contribution is 2.22. The Kier molecular flexibility index (Phi) is 3.13. The number of H-pyrrole nitrogens is 1. The van der Waals surface area contributed by atoms with Crippen molar-refractivity contribution in [3.8, 4) is 5.75 Å². The minimum absolute atomic E-state index is 0.0793. The smallest absolute Gasteiger partial charge is 0.228 e. The molecule has 0 aliphatic heterocycles. The number of phenolic OH excluding ortho intramolecular Hbond substituents is 1. The van der Waals surface area contributed by atoms with Crippen molar-refractivity contribution in [1.29, 1.82) is 0 Å². The van der Waals surface area contributed by atoms with Gasteiger partial charge in [-0.15, -0.1) is 0 Å². The van der Waals surface area contributed by atoms with Gasteiger partial charge in [-0.2, -0.15) is 0 Å². The van der Waals surface area contributed by atoms with E-state index in [1.165, 1.54) is 0 Å². The Labute approximate surface area is 116 Å². The van der Waals surface area contributed by atoms with Crippen LogP contribution >= 0.6 is 0 Å². The van der Waals surface area contributed by atoms with E-state index in [9.17, 15) is 9.90 Å². The molecule has 0 saturated carbocycles. The quantitative estimate of drug-likeness (QED) is 0.682. The summed E-state index contributed by atoms with van der Waals surface area (Å²) in [6, 6.07) is 14.3. The van der Waals surface area contributed by atoms with Crippen molar-refractivity contribution in [2.75, 3.05) is 5.32 Å². The second kappa shape index (κ2) is 5.09. The molecule has 100 valence electrons. The molecule has 0 fully saturated rings. The van der Waals surface area contributed by atoms with E-state index >= 15 is 0 Å². The maximum atomic E-state index is 12.0. The molecule has 1 aromatic heterocycles. The summed E-state index contributed by atoms with van der Waals surface area (Å²) in [7, 11) is 0. The molecule has 3 aromatic rings. The van der Waals surface area contributed by atoms with E-state index in [2.05, 4.69) is 10.3 Å². The van der Waals surface area contributed by atoms with Crippen LogP contribution in [0.25, 0.3) is 10.9 Å². The van der Waals surface area contributed by atoms with Crippen molar-refractivity contribution in [2.45, 2.75) is 6.42 Å². The third-order valence-corrected chi connectivity index (χ3v) is 3.17. The van der Waals surface area contributed by atoms with E-state index in [-0.39, 0.29) is 18.1 Å². The first-order valence-electron chi connectivity index (χ1n) is 6.36. The molecule has 4 nitrogen and oxygen atoms in total. The number of hydrogen-bond donors (Lipinski definition) is 3. The normalized spacial score (nSPS) is 10.6. The average molecular weight is 266 g/mol. The lowest BCUT2D eigenvalue weighted by molar-refractivity contribution is -0.115. The van der Waals surface area contributed by atoms with Crippen LogP contribution in [0.1, 0.15) is 5.56 Å². The lowest BCUT2D eigenvalue weighted by Crippen LogP contribution is -2.14. The van der Waals surface area contributed by atoms with E-state index in [0.29, 0.717) is 0 Å². The minimum atomic E-state index is -0.0793. The summed E-state index contributed by atoms with van der Waals surface area (Å²) in [6.45, 7) is 0. The van der Waals surface area contributed by atoms with Crippen molar-refractivity contribution in [3.05, 3.63) is 60.3 Å². The molecule has 1 amide bonds. The van der Waals surface area contributed by atoms with Crippen molar-refractivity contribution in [2.24, 2.45) is 0 Å². The summed E-state index contributed by atoms with van der Waals surface area (Å²) in [5, 5.41) is 13.1. The Hall–Kier alpha value is -2.75. The number of carbonyl (C=O) groups excluding carboxylic acids is 1. The molecule has 0 bridgehead atoms. The zero-order valence-corrected chi connectivity index (χ0v) is 10.8. The Bertz CT molecular complexity index is 745. The molecule has 3 rings (SSSR count). The molecular formula is C16H14N2O2. The van der Waals surface area contributed by atoms with Crippen LogP contribution < -0.4 is 5.32 Å². The first-order chi connectivity index (χ1) is 9.72. The number of benzene rings is 2. The van der Waals surface area contributed by atoms with E-state index in [0.717, 1.165) is 22.2 Å². The van der Waals surface area contributed by atoms with Crippen molar-refractivity contribution in [3.63, 3.8) is 0 Å². The van der Waals surface area contributed by atoms with Crippen LogP contribution in [0.3, 0.4) is 0 Å².